The number of nitrogens with one attached hydrogen (secondary N) is 2. The zero-order valence-corrected chi connectivity index (χ0v) is 17.5. The Morgan fingerprint density at radius 3 is 2.64 bits per heavy atom. The molecular formula is C16H26F3IN4S. The third-order valence-corrected chi connectivity index (χ3v) is 4.66. The maximum atomic E-state index is 12.2. The van der Waals surface area contributed by atoms with Crippen LogP contribution < -0.4 is 10.6 Å². The third kappa shape index (κ3) is 9.09. The van der Waals surface area contributed by atoms with Crippen molar-refractivity contribution in [3.05, 3.63) is 22.4 Å². The number of guanidine groups is 1. The molecule has 0 saturated carbocycles. The van der Waals surface area contributed by atoms with E-state index >= 15 is 0 Å². The summed E-state index contributed by atoms with van der Waals surface area (Å²) in [6.45, 7) is 5.23. The largest absolute Gasteiger partial charge is 0.390 e. The van der Waals surface area contributed by atoms with Crippen LogP contribution in [0, 0.1) is 0 Å². The van der Waals surface area contributed by atoms with Crippen molar-refractivity contribution in [1.82, 2.24) is 15.5 Å². The molecular weight excluding hydrogens is 464 g/mol. The fraction of sp³-hybridized carbons (Fsp3) is 0.688. The summed E-state index contributed by atoms with van der Waals surface area (Å²) in [6, 6.07) is 2.40. The summed E-state index contributed by atoms with van der Waals surface area (Å²) in [7, 11) is 0. The van der Waals surface area contributed by atoms with Gasteiger partial charge in [-0.3, -0.25) is 9.89 Å². The molecule has 25 heavy (non-hydrogen) atoms. The van der Waals surface area contributed by atoms with Gasteiger partial charge in [0.15, 0.2) is 5.96 Å². The van der Waals surface area contributed by atoms with Crippen LogP contribution in [0.5, 0.6) is 0 Å². The predicted molar refractivity (Wildman–Crippen MR) is 108 cm³/mol. The second-order valence-corrected chi connectivity index (χ2v) is 6.73. The topological polar surface area (TPSA) is 39.7 Å². The molecule has 0 spiro atoms. The molecule has 1 aromatic rings. The van der Waals surface area contributed by atoms with Gasteiger partial charge in [0.2, 0.25) is 0 Å². The summed E-state index contributed by atoms with van der Waals surface area (Å²) in [5.74, 6) is 0.484. The van der Waals surface area contributed by atoms with Crippen molar-refractivity contribution >= 4 is 41.3 Å². The molecule has 9 heteroatoms. The molecule has 1 aromatic heterocycles. The Labute approximate surface area is 168 Å². The van der Waals surface area contributed by atoms with Crippen LogP contribution in [0.4, 0.5) is 13.2 Å². The Hall–Kier alpha value is -0.550. The first-order valence-electron chi connectivity index (χ1n) is 8.31. The molecule has 144 valence electrons. The summed E-state index contributed by atoms with van der Waals surface area (Å²) in [4.78, 5) is 6.45. The maximum Gasteiger partial charge on any atom is 0.390 e. The fourth-order valence-electron chi connectivity index (χ4n) is 2.68. The number of halogens is 4. The molecule has 1 fully saturated rings. The molecule has 0 atom stereocenters. The van der Waals surface area contributed by atoms with Crippen LogP contribution in [-0.4, -0.2) is 49.3 Å². The van der Waals surface area contributed by atoms with Crippen molar-refractivity contribution in [2.75, 3.05) is 26.2 Å². The second kappa shape index (κ2) is 11.2. The second-order valence-electron chi connectivity index (χ2n) is 5.95. The molecule has 0 bridgehead atoms. The molecule has 1 saturated heterocycles. The van der Waals surface area contributed by atoms with Gasteiger partial charge in [0, 0.05) is 32.2 Å². The van der Waals surface area contributed by atoms with Gasteiger partial charge in [-0.1, -0.05) is 0 Å². The van der Waals surface area contributed by atoms with E-state index in [9.17, 15) is 13.2 Å². The van der Waals surface area contributed by atoms with Crippen molar-refractivity contribution in [2.24, 2.45) is 4.99 Å². The van der Waals surface area contributed by atoms with E-state index in [0.29, 0.717) is 12.5 Å². The average molecular weight is 490 g/mol. The highest BCUT2D eigenvalue weighted by molar-refractivity contribution is 14.0. The lowest BCUT2D eigenvalue weighted by molar-refractivity contribution is -0.132. The number of piperidine rings is 1. The fourth-order valence-corrected chi connectivity index (χ4v) is 3.34. The van der Waals surface area contributed by atoms with Gasteiger partial charge < -0.3 is 10.6 Å². The van der Waals surface area contributed by atoms with Crippen LogP contribution in [0.25, 0.3) is 0 Å². The molecule has 0 amide bonds. The SMILES string of the molecule is CCNC(=NCCC(F)(F)F)NC1CCN(Cc2ccsc2)CC1.I. The quantitative estimate of drug-likeness (QED) is 0.362. The van der Waals surface area contributed by atoms with E-state index in [2.05, 4.69) is 37.4 Å². The lowest BCUT2D eigenvalue weighted by Gasteiger charge is -2.33. The predicted octanol–water partition coefficient (Wildman–Crippen LogP) is 3.84. The van der Waals surface area contributed by atoms with Gasteiger partial charge in [0.25, 0.3) is 0 Å². The van der Waals surface area contributed by atoms with Gasteiger partial charge in [-0.05, 0) is 42.2 Å². The third-order valence-electron chi connectivity index (χ3n) is 3.92. The zero-order valence-electron chi connectivity index (χ0n) is 14.3. The first kappa shape index (κ1) is 22.5. The summed E-state index contributed by atoms with van der Waals surface area (Å²) in [5.41, 5.74) is 1.34. The maximum absolute atomic E-state index is 12.2. The molecule has 2 rings (SSSR count). The highest BCUT2D eigenvalue weighted by atomic mass is 127. The highest BCUT2D eigenvalue weighted by Crippen LogP contribution is 2.19. The van der Waals surface area contributed by atoms with Crippen LogP contribution in [0.1, 0.15) is 31.7 Å². The molecule has 2 heterocycles. The number of hydrogen-bond acceptors (Lipinski definition) is 3. The Morgan fingerprint density at radius 1 is 1.36 bits per heavy atom. The van der Waals surface area contributed by atoms with Crippen molar-refractivity contribution in [3.63, 3.8) is 0 Å². The zero-order chi connectivity index (χ0) is 17.4. The molecule has 0 aromatic carbocycles. The van der Waals surface area contributed by atoms with Crippen molar-refractivity contribution in [1.29, 1.82) is 0 Å². The number of thiophene rings is 1. The minimum absolute atomic E-state index is 0. The molecule has 1 aliphatic heterocycles. The normalized spacial score (nSPS) is 17.2. The molecule has 4 nitrogen and oxygen atoms in total. The molecule has 0 radical (unpaired) electrons. The van der Waals surface area contributed by atoms with Crippen LogP contribution in [0.2, 0.25) is 0 Å². The number of alkyl halides is 3. The molecule has 0 aliphatic carbocycles. The van der Waals surface area contributed by atoms with Crippen LogP contribution in [-0.2, 0) is 6.54 Å². The van der Waals surface area contributed by atoms with E-state index in [1.807, 2.05) is 6.92 Å². The van der Waals surface area contributed by atoms with Crippen LogP contribution >= 0.6 is 35.3 Å². The molecule has 0 unspecified atom stereocenters. The van der Waals surface area contributed by atoms with E-state index < -0.39 is 12.6 Å². The van der Waals surface area contributed by atoms with Gasteiger partial charge >= 0.3 is 6.18 Å². The van der Waals surface area contributed by atoms with Gasteiger partial charge in [0.05, 0.1) is 13.0 Å². The lowest BCUT2D eigenvalue weighted by Crippen LogP contribution is -2.48. The van der Waals surface area contributed by atoms with E-state index in [0.717, 1.165) is 32.5 Å². The molecule has 1 aliphatic rings. The van der Waals surface area contributed by atoms with Crippen LogP contribution in [0.3, 0.4) is 0 Å². The highest BCUT2D eigenvalue weighted by Gasteiger charge is 2.26. The monoisotopic (exact) mass is 490 g/mol. The molecule has 2 N–H and O–H groups in total. The van der Waals surface area contributed by atoms with E-state index in [1.54, 1.807) is 11.3 Å². The van der Waals surface area contributed by atoms with Gasteiger partial charge in [-0.15, -0.1) is 24.0 Å². The Morgan fingerprint density at radius 2 is 2.08 bits per heavy atom. The van der Waals surface area contributed by atoms with Gasteiger partial charge in [-0.25, -0.2) is 0 Å². The Balaban J connectivity index is 0.00000312. The van der Waals surface area contributed by atoms with E-state index in [1.165, 1.54) is 5.56 Å². The Kier molecular flexibility index (Phi) is 10.1. The lowest BCUT2D eigenvalue weighted by atomic mass is 10.0. The number of nitrogens with zero attached hydrogens (tertiary/aromatic N) is 2. The first-order valence-corrected chi connectivity index (χ1v) is 9.25. The average Bonchev–Trinajstić information content (AvgIpc) is 3.01. The summed E-state index contributed by atoms with van der Waals surface area (Å²) < 4.78 is 36.7. The van der Waals surface area contributed by atoms with E-state index in [4.69, 9.17) is 0 Å². The Bertz CT molecular complexity index is 500. The van der Waals surface area contributed by atoms with Gasteiger partial charge in [-0.2, -0.15) is 24.5 Å². The smallest absolute Gasteiger partial charge is 0.357 e. The van der Waals surface area contributed by atoms with Crippen LogP contribution in [0.15, 0.2) is 21.8 Å². The minimum Gasteiger partial charge on any atom is -0.357 e. The number of rotatable bonds is 6. The standard InChI is InChI=1S/C16H25F3N4S.HI/c1-2-20-15(21-7-6-16(17,18)19)22-14-3-8-23(9-4-14)11-13-5-10-24-12-13;/h5,10,12,14H,2-4,6-9,11H2,1H3,(H2,20,21,22);1H. The number of aliphatic imine (C=N–C) groups is 1. The minimum atomic E-state index is -4.16. The number of likely N-dealkylation sites (tertiary alicyclic amines) is 1. The number of hydrogen-bond donors (Lipinski definition) is 2. The van der Waals surface area contributed by atoms with Crippen molar-refractivity contribution in [2.45, 2.75) is 44.9 Å². The summed E-state index contributed by atoms with van der Waals surface area (Å²) >= 11 is 1.71. The summed E-state index contributed by atoms with van der Waals surface area (Å²) in [6.07, 6.45) is -3.11. The van der Waals surface area contributed by atoms with E-state index in [-0.39, 0.29) is 36.6 Å². The van der Waals surface area contributed by atoms with Gasteiger partial charge in [0.1, 0.15) is 0 Å². The summed E-state index contributed by atoms with van der Waals surface area (Å²) in [5, 5.41) is 10.5. The first-order chi connectivity index (χ1) is 11.5. The van der Waals surface area contributed by atoms with Crippen molar-refractivity contribution < 1.29 is 13.2 Å². The van der Waals surface area contributed by atoms with Crippen molar-refractivity contribution in [3.8, 4) is 0 Å².